The highest BCUT2D eigenvalue weighted by Gasteiger charge is 2.00. The van der Waals surface area contributed by atoms with Crippen molar-refractivity contribution in [2.45, 2.75) is 0 Å². The number of halogens is 1. The summed E-state index contributed by atoms with van der Waals surface area (Å²) in [5, 5.41) is 15.6. The molecule has 5 nitrogen and oxygen atoms in total. The normalized spacial score (nSPS) is 7.64. The molecule has 6 heteroatoms. The van der Waals surface area contributed by atoms with Gasteiger partial charge >= 0.3 is 0 Å². The monoisotopic (exact) mass is 221 g/mol. The summed E-state index contributed by atoms with van der Waals surface area (Å²) in [5.41, 5.74) is 0.486. The van der Waals surface area contributed by atoms with E-state index in [1.54, 1.807) is 0 Å². The topological polar surface area (TPSA) is 92.8 Å². The lowest BCUT2D eigenvalue weighted by Crippen LogP contribution is -1.85. The fourth-order valence-electron chi connectivity index (χ4n) is 0.768. The highest BCUT2D eigenvalue weighted by Crippen LogP contribution is 2.25. The fraction of sp³-hybridized carbons (Fsp3) is 0.125. The molecule has 80 valence electrons. The molecule has 0 aliphatic carbocycles. The first kappa shape index (κ1) is 15.2. The summed E-state index contributed by atoms with van der Waals surface area (Å²) in [6.07, 6.45) is 0.696. The number of rotatable bonds is 2. The number of phenolic OH excluding ortho intramolecular Hbond substituents is 1. The SMILES string of the molecule is COc1cc(C=O)ccc1O.Cl.NO. The second kappa shape index (κ2) is 8.31. The largest absolute Gasteiger partial charge is 0.504 e. The van der Waals surface area contributed by atoms with Crippen LogP contribution in [0.5, 0.6) is 11.5 Å². The van der Waals surface area contributed by atoms with E-state index in [1.807, 2.05) is 0 Å². The minimum atomic E-state index is 0. The van der Waals surface area contributed by atoms with Gasteiger partial charge in [0.25, 0.3) is 0 Å². The van der Waals surface area contributed by atoms with Crippen LogP contribution in [0.25, 0.3) is 0 Å². The molecule has 0 amide bonds. The fourth-order valence-corrected chi connectivity index (χ4v) is 0.768. The van der Waals surface area contributed by atoms with Crippen molar-refractivity contribution in [3.8, 4) is 11.5 Å². The van der Waals surface area contributed by atoms with Gasteiger partial charge in [0, 0.05) is 5.56 Å². The first-order chi connectivity index (χ1) is 6.27. The number of phenols is 1. The van der Waals surface area contributed by atoms with Crippen LogP contribution < -0.4 is 10.6 Å². The van der Waals surface area contributed by atoms with Crippen molar-refractivity contribution in [3.63, 3.8) is 0 Å². The van der Waals surface area contributed by atoms with Gasteiger partial charge in [-0.15, -0.1) is 12.4 Å². The molecular weight excluding hydrogens is 210 g/mol. The second-order valence-corrected chi connectivity index (χ2v) is 2.05. The molecule has 0 bridgehead atoms. The van der Waals surface area contributed by atoms with Crippen LogP contribution in [0.4, 0.5) is 0 Å². The number of hydrogen-bond donors (Lipinski definition) is 3. The van der Waals surface area contributed by atoms with Crippen LogP contribution in [0.3, 0.4) is 0 Å². The van der Waals surface area contributed by atoms with Crippen LogP contribution >= 0.6 is 12.4 Å². The van der Waals surface area contributed by atoms with Crippen molar-refractivity contribution in [2.24, 2.45) is 5.90 Å². The van der Waals surface area contributed by atoms with Crippen molar-refractivity contribution in [3.05, 3.63) is 23.8 Å². The average molecular weight is 222 g/mol. The van der Waals surface area contributed by atoms with E-state index in [1.165, 1.54) is 25.3 Å². The lowest BCUT2D eigenvalue weighted by molar-refractivity contribution is 0.112. The Morgan fingerprint density at radius 1 is 1.43 bits per heavy atom. The van der Waals surface area contributed by atoms with Crippen molar-refractivity contribution in [1.82, 2.24) is 0 Å². The molecule has 0 heterocycles. The Morgan fingerprint density at radius 3 is 2.43 bits per heavy atom. The maximum atomic E-state index is 10.2. The van der Waals surface area contributed by atoms with Crippen LogP contribution in [0.2, 0.25) is 0 Å². The highest BCUT2D eigenvalue weighted by atomic mass is 35.5. The molecule has 0 saturated heterocycles. The Kier molecular flexibility index (Phi) is 9.01. The van der Waals surface area contributed by atoms with Crippen LogP contribution in [0, 0.1) is 0 Å². The molecule has 0 aliphatic heterocycles. The summed E-state index contributed by atoms with van der Waals surface area (Å²) in [4.78, 5) is 10.2. The molecule has 1 aromatic rings. The quantitative estimate of drug-likeness (QED) is 0.511. The number of ether oxygens (including phenoxy) is 1. The Hall–Kier alpha value is -1.30. The minimum Gasteiger partial charge on any atom is -0.504 e. The lowest BCUT2D eigenvalue weighted by atomic mass is 10.2. The molecule has 0 aromatic heterocycles. The molecule has 0 radical (unpaired) electrons. The summed E-state index contributed by atoms with van der Waals surface area (Å²) < 4.78 is 4.78. The summed E-state index contributed by atoms with van der Waals surface area (Å²) in [6.45, 7) is 0. The van der Waals surface area contributed by atoms with Crippen molar-refractivity contribution in [1.29, 1.82) is 0 Å². The standard InChI is InChI=1S/C8H8O3.ClH.H3NO/c1-11-8-4-6(5-9)2-3-7(8)10;;1-2/h2-5,10H,1H3;1H;2H,1H2. The molecule has 0 saturated carbocycles. The molecule has 4 N–H and O–H groups in total. The smallest absolute Gasteiger partial charge is 0.161 e. The predicted octanol–water partition coefficient (Wildman–Crippen LogP) is 0.969. The third-order valence-electron chi connectivity index (χ3n) is 1.34. The van der Waals surface area contributed by atoms with Gasteiger partial charge in [-0.2, -0.15) is 0 Å². The van der Waals surface area contributed by atoms with Crippen LogP contribution in [-0.4, -0.2) is 23.7 Å². The van der Waals surface area contributed by atoms with E-state index in [-0.39, 0.29) is 18.2 Å². The third-order valence-corrected chi connectivity index (χ3v) is 1.34. The van der Waals surface area contributed by atoms with Crippen LogP contribution in [0.1, 0.15) is 10.4 Å². The predicted molar refractivity (Wildman–Crippen MR) is 53.3 cm³/mol. The number of aromatic hydroxyl groups is 1. The molecule has 0 atom stereocenters. The maximum Gasteiger partial charge on any atom is 0.161 e. The van der Waals surface area contributed by atoms with Gasteiger partial charge in [0.2, 0.25) is 0 Å². The Morgan fingerprint density at radius 2 is 2.00 bits per heavy atom. The molecular formula is C8H12ClNO4. The summed E-state index contributed by atoms with van der Waals surface area (Å²) in [7, 11) is 1.43. The molecule has 0 unspecified atom stereocenters. The zero-order valence-electron chi connectivity index (χ0n) is 7.51. The van der Waals surface area contributed by atoms with Gasteiger partial charge in [0.05, 0.1) is 7.11 Å². The zero-order valence-corrected chi connectivity index (χ0v) is 8.32. The van der Waals surface area contributed by atoms with E-state index >= 15 is 0 Å². The van der Waals surface area contributed by atoms with E-state index in [0.717, 1.165) is 0 Å². The van der Waals surface area contributed by atoms with Gasteiger partial charge in [0.15, 0.2) is 11.5 Å². The van der Waals surface area contributed by atoms with Crippen LogP contribution in [-0.2, 0) is 0 Å². The first-order valence-corrected chi connectivity index (χ1v) is 3.36. The van der Waals surface area contributed by atoms with Gasteiger partial charge in [-0.05, 0) is 18.2 Å². The van der Waals surface area contributed by atoms with Gasteiger partial charge in [-0.25, -0.2) is 5.90 Å². The van der Waals surface area contributed by atoms with E-state index in [4.69, 9.17) is 15.1 Å². The number of nitrogens with two attached hydrogens (primary N) is 1. The Bertz CT molecular complexity index is 280. The summed E-state index contributed by atoms with van der Waals surface area (Å²) in [5.74, 6) is 3.85. The zero-order chi connectivity index (χ0) is 10.3. The number of carbonyl (C=O) groups is 1. The molecule has 0 aliphatic rings. The van der Waals surface area contributed by atoms with Crippen LogP contribution in [0.15, 0.2) is 18.2 Å². The first-order valence-electron chi connectivity index (χ1n) is 3.36. The number of hydrogen-bond acceptors (Lipinski definition) is 5. The number of aldehydes is 1. The van der Waals surface area contributed by atoms with E-state index in [2.05, 4.69) is 5.90 Å². The van der Waals surface area contributed by atoms with E-state index in [9.17, 15) is 4.79 Å². The summed E-state index contributed by atoms with van der Waals surface area (Å²) >= 11 is 0. The molecule has 1 rings (SSSR count). The second-order valence-electron chi connectivity index (χ2n) is 2.05. The van der Waals surface area contributed by atoms with Gasteiger partial charge in [0.1, 0.15) is 6.29 Å². The molecule has 1 aromatic carbocycles. The number of benzene rings is 1. The lowest BCUT2D eigenvalue weighted by Gasteiger charge is -2.01. The molecule has 0 fully saturated rings. The van der Waals surface area contributed by atoms with E-state index in [0.29, 0.717) is 17.6 Å². The van der Waals surface area contributed by atoms with Gasteiger partial charge < -0.3 is 15.1 Å². The van der Waals surface area contributed by atoms with Crippen molar-refractivity contribution < 1.29 is 19.8 Å². The van der Waals surface area contributed by atoms with E-state index < -0.39 is 0 Å². The Labute approximate surface area is 87.5 Å². The van der Waals surface area contributed by atoms with Gasteiger partial charge in [-0.1, -0.05) is 0 Å². The van der Waals surface area contributed by atoms with Crippen molar-refractivity contribution >= 4 is 18.7 Å². The summed E-state index contributed by atoms with van der Waals surface area (Å²) in [6, 6.07) is 4.41. The Balaban J connectivity index is 0. The number of methoxy groups -OCH3 is 1. The maximum absolute atomic E-state index is 10.2. The van der Waals surface area contributed by atoms with Crippen molar-refractivity contribution in [2.75, 3.05) is 7.11 Å². The van der Waals surface area contributed by atoms with Gasteiger partial charge in [-0.3, -0.25) is 4.79 Å². The molecule has 0 spiro atoms. The highest BCUT2D eigenvalue weighted by molar-refractivity contribution is 5.85. The average Bonchev–Trinajstić information content (AvgIpc) is 2.22. The number of carbonyl (C=O) groups excluding carboxylic acids is 1. The molecule has 14 heavy (non-hydrogen) atoms. The minimum absolute atomic E-state index is 0. The third kappa shape index (κ3) is 4.08.